The molecule has 152 valence electrons. The standard InChI is InChI=1S/C23H31NO4/c1-5-20(16-25)10-11-23(27)24(4)12-8-6-7-9-13-28-21-14-18(2)22(17-26)19(3)15-21/h5,10,14-17H,1,6-9,11-13H2,2-4H3/b20-10-. The van der Waals surface area contributed by atoms with Crippen molar-refractivity contribution >= 4 is 18.5 Å². The van der Waals surface area contributed by atoms with Crippen molar-refractivity contribution in [2.45, 2.75) is 46.0 Å². The van der Waals surface area contributed by atoms with E-state index in [1.807, 2.05) is 26.0 Å². The number of amides is 1. The SMILES string of the molecule is C=C/C(C=O)=C/CC(=O)N(C)CCCCCCOc1cc(C)c(C=O)c(C)c1. The van der Waals surface area contributed by atoms with Crippen LogP contribution in [0.3, 0.4) is 0 Å². The molecule has 0 radical (unpaired) electrons. The van der Waals surface area contributed by atoms with E-state index >= 15 is 0 Å². The summed E-state index contributed by atoms with van der Waals surface area (Å²) in [6.45, 7) is 8.68. The van der Waals surface area contributed by atoms with Gasteiger partial charge in [-0.25, -0.2) is 0 Å². The summed E-state index contributed by atoms with van der Waals surface area (Å²) < 4.78 is 5.79. The van der Waals surface area contributed by atoms with Crippen LogP contribution in [-0.2, 0) is 9.59 Å². The number of rotatable bonds is 13. The summed E-state index contributed by atoms with van der Waals surface area (Å²) in [5, 5.41) is 0. The van der Waals surface area contributed by atoms with Gasteiger partial charge in [0.1, 0.15) is 12.0 Å². The molecule has 0 N–H and O–H groups in total. The number of allylic oxidation sites excluding steroid dienone is 2. The lowest BCUT2D eigenvalue weighted by Gasteiger charge is -2.16. The lowest BCUT2D eigenvalue weighted by Crippen LogP contribution is -2.27. The van der Waals surface area contributed by atoms with Crippen molar-refractivity contribution in [1.29, 1.82) is 0 Å². The molecule has 0 atom stereocenters. The predicted octanol–water partition coefficient (Wildman–Crippen LogP) is 4.21. The van der Waals surface area contributed by atoms with Crippen LogP contribution in [-0.4, -0.2) is 43.6 Å². The first-order chi connectivity index (χ1) is 13.4. The fourth-order valence-corrected chi connectivity index (χ4v) is 2.86. The van der Waals surface area contributed by atoms with Gasteiger partial charge in [0.2, 0.25) is 5.91 Å². The molecule has 0 aliphatic rings. The Hall–Kier alpha value is -2.69. The largest absolute Gasteiger partial charge is 0.494 e. The van der Waals surface area contributed by atoms with Gasteiger partial charge in [-0.1, -0.05) is 31.6 Å². The number of aldehydes is 2. The van der Waals surface area contributed by atoms with E-state index in [9.17, 15) is 14.4 Å². The van der Waals surface area contributed by atoms with E-state index in [4.69, 9.17) is 4.74 Å². The number of carbonyl (C=O) groups excluding carboxylic acids is 3. The Morgan fingerprint density at radius 3 is 2.32 bits per heavy atom. The molecule has 5 heteroatoms. The molecular formula is C23H31NO4. The fraction of sp³-hybridized carbons (Fsp3) is 0.435. The molecule has 0 spiro atoms. The van der Waals surface area contributed by atoms with Crippen LogP contribution in [0.5, 0.6) is 5.75 Å². The minimum atomic E-state index is -0.00551. The van der Waals surface area contributed by atoms with Gasteiger partial charge in [0.05, 0.1) is 6.61 Å². The minimum absolute atomic E-state index is 0.00551. The summed E-state index contributed by atoms with van der Waals surface area (Å²) in [5.74, 6) is 0.794. The highest BCUT2D eigenvalue weighted by molar-refractivity contribution is 5.82. The van der Waals surface area contributed by atoms with Crippen LogP contribution in [0.25, 0.3) is 0 Å². The first-order valence-electron chi connectivity index (χ1n) is 9.63. The average Bonchev–Trinajstić information content (AvgIpc) is 2.67. The Kier molecular flexibility index (Phi) is 10.6. The Morgan fingerprint density at radius 2 is 1.75 bits per heavy atom. The Balaban J connectivity index is 2.21. The van der Waals surface area contributed by atoms with Crippen LogP contribution < -0.4 is 4.74 Å². The number of ether oxygens (including phenoxy) is 1. The maximum Gasteiger partial charge on any atom is 0.226 e. The van der Waals surface area contributed by atoms with E-state index in [0.717, 1.165) is 54.4 Å². The van der Waals surface area contributed by atoms with Crippen molar-refractivity contribution in [1.82, 2.24) is 4.90 Å². The van der Waals surface area contributed by atoms with Gasteiger partial charge in [-0.2, -0.15) is 0 Å². The quantitative estimate of drug-likeness (QED) is 0.221. The van der Waals surface area contributed by atoms with Crippen LogP contribution in [0.4, 0.5) is 0 Å². The molecule has 0 aliphatic heterocycles. The molecule has 5 nitrogen and oxygen atoms in total. The van der Waals surface area contributed by atoms with Gasteiger partial charge < -0.3 is 9.64 Å². The van der Waals surface area contributed by atoms with Gasteiger partial charge in [-0.15, -0.1) is 0 Å². The third-order valence-corrected chi connectivity index (χ3v) is 4.65. The topological polar surface area (TPSA) is 63.7 Å². The van der Waals surface area contributed by atoms with Crippen molar-refractivity contribution in [3.05, 3.63) is 53.1 Å². The molecule has 0 aliphatic carbocycles. The molecule has 1 rings (SSSR count). The number of aryl methyl sites for hydroxylation is 2. The van der Waals surface area contributed by atoms with E-state index in [1.54, 1.807) is 18.0 Å². The van der Waals surface area contributed by atoms with Crippen molar-refractivity contribution in [2.75, 3.05) is 20.2 Å². The molecule has 0 heterocycles. The third kappa shape index (κ3) is 7.91. The normalized spacial score (nSPS) is 11.0. The Morgan fingerprint density at radius 1 is 1.11 bits per heavy atom. The number of benzene rings is 1. The summed E-state index contributed by atoms with van der Waals surface area (Å²) >= 11 is 0. The maximum atomic E-state index is 12.0. The first kappa shape index (κ1) is 23.3. The van der Waals surface area contributed by atoms with Crippen molar-refractivity contribution in [3.8, 4) is 5.75 Å². The molecule has 1 aromatic rings. The van der Waals surface area contributed by atoms with Gasteiger partial charge in [0, 0.05) is 31.1 Å². The second kappa shape index (κ2) is 12.7. The van der Waals surface area contributed by atoms with Gasteiger partial charge >= 0.3 is 0 Å². The van der Waals surface area contributed by atoms with Crippen LogP contribution in [0.1, 0.15) is 53.6 Å². The zero-order chi connectivity index (χ0) is 20.9. The van der Waals surface area contributed by atoms with E-state index in [2.05, 4.69) is 6.58 Å². The summed E-state index contributed by atoms with van der Waals surface area (Å²) in [6, 6.07) is 3.79. The second-order valence-electron chi connectivity index (χ2n) is 6.90. The summed E-state index contributed by atoms with van der Waals surface area (Å²) in [6.07, 6.45) is 8.75. The van der Waals surface area contributed by atoms with Crippen LogP contribution in [0, 0.1) is 13.8 Å². The summed E-state index contributed by atoms with van der Waals surface area (Å²) in [5.41, 5.74) is 3.03. The molecule has 1 aromatic carbocycles. The Labute approximate surface area is 168 Å². The van der Waals surface area contributed by atoms with Gasteiger partial charge in [-0.05, 0) is 49.9 Å². The van der Waals surface area contributed by atoms with Crippen molar-refractivity contribution in [2.24, 2.45) is 0 Å². The first-order valence-corrected chi connectivity index (χ1v) is 9.63. The molecule has 0 unspecified atom stereocenters. The highest BCUT2D eigenvalue weighted by atomic mass is 16.5. The number of hydrogen-bond acceptors (Lipinski definition) is 4. The van der Waals surface area contributed by atoms with E-state index in [-0.39, 0.29) is 12.3 Å². The highest BCUT2D eigenvalue weighted by Crippen LogP contribution is 2.21. The van der Waals surface area contributed by atoms with Crippen LogP contribution >= 0.6 is 0 Å². The number of nitrogens with zero attached hydrogens (tertiary/aromatic N) is 1. The lowest BCUT2D eigenvalue weighted by molar-refractivity contribution is -0.129. The molecule has 0 fully saturated rings. The molecule has 0 aromatic heterocycles. The monoisotopic (exact) mass is 385 g/mol. The molecule has 28 heavy (non-hydrogen) atoms. The number of unbranched alkanes of at least 4 members (excludes halogenated alkanes) is 3. The average molecular weight is 386 g/mol. The molecule has 0 saturated heterocycles. The van der Waals surface area contributed by atoms with Gasteiger partial charge in [0.15, 0.2) is 6.29 Å². The van der Waals surface area contributed by atoms with Gasteiger partial charge in [-0.3, -0.25) is 14.4 Å². The van der Waals surface area contributed by atoms with Crippen LogP contribution in [0.2, 0.25) is 0 Å². The minimum Gasteiger partial charge on any atom is -0.494 e. The fourth-order valence-electron chi connectivity index (χ4n) is 2.86. The van der Waals surface area contributed by atoms with Gasteiger partial charge in [0.25, 0.3) is 0 Å². The summed E-state index contributed by atoms with van der Waals surface area (Å²) in [7, 11) is 1.78. The molecule has 0 bridgehead atoms. The third-order valence-electron chi connectivity index (χ3n) is 4.65. The van der Waals surface area contributed by atoms with Crippen LogP contribution in [0.15, 0.2) is 36.4 Å². The molecule has 0 saturated carbocycles. The zero-order valence-corrected chi connectivity index (χ0v) is 17.2. The van der Waals surface area contributed by atoms with E-state index in [0.29, 0.717) is 25.0 Å². The summed E-state index contributed by atoms with van der Waals surface area (Å²) in [4.78, 5) is 35.4. The number of carbonyl (C=O) groups is 3. The molecule has 1 amide bonds. The van der Waals surface area contributed by atoms with Crippen molar-refractivity contribution in [3.63, 3.8) is 0 Å². The Bertz CT molecular complexity index is 688. The molecular weight excluding hydrogens is 354 g/mol. The van der Waals surface area contributed by atoms with E-state index < -0.39 is 0 Å². The maximum absolute atomic E-state index is 12.0. The predicted molar refractivity (Wildman–Crippen MR) is 112 cm³/mol. The highest BCUT2D eigenvalue weighted by Gasteiger charge is 2.07. The van der Waals surface area contributed by atoms with Crippen molar-refractivity contribution < 1.29 is 19.1 Å². The van der Waals surface area contributed by atoms with E-state index in [1.165, 1.54) is 6.08 Å². The second-order valence-corrected chi connectivity index (χ2v) is 6.90. The zero-order valence-electron chi connectivity index (χ0n) is 17.2. The number of hydrogen-bond donors (Lipinski definition) is 0. The smallest absolute Gasteiger partial charge is 0.226 e. The lowest BCUT2D eigenvalue weighted by atomic mass is 10.0.